The Kier molecular flexibility index (Phi) is 5.20. The largest absolute Gasteiger partial charge is 0.481 e. The first-order valence-corrected chi connectivity index (χ1v) is 9.46. The number of hydrogen-bond donors (Lipinski definition) is 3. The predicted molar refractivity (Wildman–Crippen MR) is 99.5 cm³/mol. The van der Waals surface area contributed by atoms with E-state index in [0.29, 0.717) is 16.5 Å². The van der Waals surface area contributed by atoms with Gasteiger partial charge in [0.2, 0.25) is 0 Å². The zero-order chi connectivity index (χ0) is 19.4. The minimum atomic E-state index is -3.99. The van der Waals surface area contributed by atoms with Crippen LogP contribution in [0.4, 0.5) is 0 Å². The minimum absolute atomic E-state index is 0.0881. The normalized spacial score (nSPS) is 11.3. The minimum Gasteiger partial charge on any atom is -0.481 e. The van der Waals surface area contributed by atoms with Gasteiger partial charge in [0.05, 0.1) is 11.3 Å². The van der Waals surface area contributed by atoms with Crippen molar-refractivity contribution in [2.24, 2.45) is 0 Å². The number of benzene rings is 3. The molecular weight excluding hydrogens is 368 g/mol. The van der Waals surface area contributed by atoms with E-state index in [2.05, 4.69) is 10.3 Å². The number of carboxylic acids is 1. The molecule has 0 aliphatic carbocycles. The van der Waals surface area contributed by atoms with Crippen LogP contribution in [0.5, 0.6) is 0 Å². The van der Waals surface area contributed by atoms with Crippen LogP contribution in [0.15, 0.2) is 71.6 Å². The molecule has 0 saturated heterocycles. The second-order valence-corrected chi connectivity index (χ2v) is 7.48. The van der Waals surface area contributed by atoms with Crippen LogP contribution in [0, 0.1) is 0 Å². The van der Waals surface area contributed by atoms with Gasteiger partial charge in [-0.15, -0.1) is 4.83 Å². The molecule has 1 amide bonds. The smallest absolute Gasteiger partial charge is 0.307 e. The van der Waals surface area contributed by atoms with E-state index >= 15 is 0 Å². The molecule has 0 aliphatic heterocycles. The molecule has 3 aromatic carbocycles. The lowest BCUT2D eigenvalue weighted by molar-refractivity contribution is -0.136. The van der Waals surface area contributed by atoms with E-state index in [1.165, 1.54) is 24.3 Å². The fourth-order valence-electron chi connectivity index (χ4n) is 2.62. The van der Waals surface area contributed by atoms with Gasteiger partial charge in [-0.3, -0.25) is 15.0 Å². The maximum atomic E-state index is 12.4. The lowest BCUT2D eigenvalue weighted by atomic mass is 10.0. The highest BCUT2D eigenvalue weighted by molar-refractivity contribution is 7.89. The molecule has 0 atom stereocenters. The van der Waals surface area contributed by atoms with Crippen LogP contribution in [-0.4, -0.2) is 25.4 Å². The number of nitrogens with one attached hydrogen (secondary N) is 2. The topological polar surface area (TPSA) is 113 Å². The maximum Gasteiger partial charge on any atom is 0.307 e. The van der Waals surface area contributed by atoms with Crippen LogP contribution in [0.2, 0.25) is 0 Å². The van der Waals surface area contributed by atoms with Crippen LogP contribution in [0.3, 0.4) is 0 Å². The molecule has 0 aromatic heterocycles. The van der Waals surface area contributed by atoms with Crippen molar-refractivity contribution < 1.29 is 23.1 Å². The number of carbonyl (C=O) groups is 2. The molecule has 138 valence electrons. The first kappa shape index (κ1) is 18.6. The number of carboxylic acid groups (broad SMARTS) is 1. The van der Waals surface area contributed by atoms with Crippen molar-refractivity contribution in [2.45, 2.75) is 11.3 Å². The maximum absolute atomic E-state index is 12.4. The fraction of sp³-hybridized carbons (Fsp3) is 0.0526. The third-order valence-corrected chi connectivity index (χ3v) is 5.19. The zero-order valence-corrected chi connectivity index (χ0v) is 14.9. The second kappa shape index (κ2) is 7.56. The van der Waals surface area contributed by atoms with Crippen molar-refractivity contribution in [3.05, 3.63) is 77.9 Å². The molecule has 0 saturated carbocycles. The molecule has 0 fully saturated rings. The number of aliphatic carboxylic acids is 1. The third-order valence-electron chi connectivity index (χ3n) is 3.92. The summed E-state index contributed by atoms with van der Waals surface area (Å²) in [5, 5.41) is 10.3. The van der Waals surface area contributed by atoms with E-state index in [1.807, 2.05) is 18.2 Å². The number of sulfonamides is 1. The molecule has 0 unspecified atom stereocenters. The van der Waals surface area contributed by atoms with E-state index < -0.39 is 21.9 Å². The van der Waals surface area contributed by atoms with E-state index in [-0.39, 0.29) is 11.3 Å². The summed E-state index contributed by atoms with van der Waals surface area (Å²) in [6, 6.07) is 17.8. The summed E-state index contributed by atoms with van der Waals surface area (Å²) in [5.74, 6) is -1.59. The summed E-state index contributed by atoms with van der Waals surface area (Å²) in [4.78, 5) is 25.1. The quantitative estimate of drug-likeness (QED) is 0.563. The van der Waals surface area contributed by atoms with Crippen molar-refractivity contribution in [2.75, 3.05) is 0 Å². The lowest BCUT2D eigenvalue weighted by Crippen LogP contribution is -2.41. The average molecular weight is 384 g/mol. The first-order valence-electron chi connectivity index (χ1n) is 7.97. The number of fused-ring (bicyclic) bond motifs is 1. The molecule has 0 radical (unpaired) electrons. The van der Waals surface area contributed by atoms with Crippen LogP contribution < -0.4 is 10.3 Å². The van der Waals surface area contributed by atoms with Gasteiger partial charge in [0.15, 0.2) is 0 Å². The van der Waals surface area contributed by atoms with Crippen molar-refractivity contribution in [1.29, 1.82) is 0 Å². The fourth-order valence-corrected chi connectivity index (χ4v) is 3.46. The number of carbonyl (C=O) groups excluding carboxylic acids is 1. The molecule has 27 heavy (non-hydrogen) atoms. The van der Waals surface area contributed by atoms with Crippen LogP contribution in [0.25, 0.3) is 10.8 Å². The number of amides is 1. The van der Waals surface area contributed by atoms with Gasteiger partial charge < -0.3 is 5.11 Å². The summed E-state index contributed by atoms with van der Waals surface area (Å²) in [7, 11) is -3.99. The lowest BCUT2D eigenvalue weighted by Gasteiger charge is -2.10. The van der Waals surface area contributed by atoms with E-state index in [0.717, 1.165) is 5.39 Å². The van der Waals surface area contributed by atoms with Gasteiger partial charge >= 0.3 is 5.97 Å². The summed E-state index contributed by atoms with van der Waals surface area (Å²) in [6.45, 7) is 0. The Morgan fingerprint density at radius 3 is 2.26 bits per heavy atom. The Morgan fingerprint density at radius 1 is 0.889 bits per heavy atom. The van der Waals surface area contributed by atoms with Crippen molar-refractivity contribution in [3.8, 4) is 0 Å². The Bertz CT molecular complexity index is 1100. The summed E-state index contributed by atoms with van der Waals surface area (Å²) in [5.41, 5.74) is 3.02. The third kappa shape index (κ3) is 4.30. The van der Waals surface area contributed by atoms with Crippen molar-refractivity contribution >= 4 is 32.7 Å². The van der Waals surface area contributed by atoms with Crippen LogP contribution in [-0.2, 0) is 21.2 Å². The summed E-state index contributed by atoms with van der Waals surface area (Å²) >= 11 is 0. The summed E-state index contributed by atoms with van der Waals surface area (Å²) in [6.07, 6.45) is -0.203. The van der Waals surface area contributed by atoms with Gasteiger partial charge in [-0.05, 0) is 34.5 Å². The molecule has 0 bridgehead atoms. The number of hydrazine groups is 1. The standard InChI is InChI=1S/C19H16N2O5S/c22-18(23)12-13-8-10-15(11-9-13)27(25,26)21-20-19(24)17-7-3-5-14-4-1-2-6-16(14)17/h1-11,21H,12H2,(H,20,24)(H,22,23). The second-order valence-electron chi connectivity index (χ2n) is 5.80. The molecule has 3 rings (SSSR count). The monoisotopic (exact) mass is 384 g/mol. The SMILES string of the molecule is O=C(O)Cc1ccc(S(=O)(=O)NNC(=O)c2cccc3ccccc23)cc1. The highest BCUT2D eigenvalue weighted by Gasteiger charge is 2.17. The van der Waals surface area contributed by atoms with Crippen LogP contribution >= 0.6 is 0 Å². The highest BCUT2D eigenvalue weighted by atomic mass is 32.2. The van der Waals surface area contributed by atoms with E-state index in [1.54, 1.807) is 24.3 Å². The number of hydrogen-bond acceptors (Lipinski definition) is 4. The molecular formula is C19H16N2O5S. The van der Waals surface area contributed by atoms with E-state index in [4.69, 9.17) is 5.11 Å². The van der Waals surface area contributed by atoms with Crippen molar-refractivity contribution in [1.82, 2.24) is 10.3 Å². The van der Waals surface area contributed by atoms with Gasteiger partial charge in [0.1, 0.15) is 0 Å². The van der Waals surface area contributed by atoms with Gasteiger partial charge in [-0.2, -0.15) is 0 Å². The van der Waals surface area contributed by atoms with Gasteiger partial charge in [0, 0.05) is 5.56 Å². The zero-order valence-electron chi connectivity index (χ0n) is 14.0. The first-order chi connectivity index (χ1) is 12.9. The van der Waals surface area contributed by atoms with E-state index in [9.17, 15) is 18.0 Å². The van der Waals surface area contributed by atoms with Gasteiger partial charge in [-0.1, -0.05) is 48.5 Å². The molecule has 0 aliphatic rings. The average Bonchev–Trinajstić information content (AvgIpc) is 2.65. The van der Waals surface area contributed by atoms with Crippen molar-refractivity contribution in [3.63, 3.8) is 0 Å². The molecule has 3 aromatic rings. The Balaban J connectivity index is 1.74. The number of rotatable bonds is 6. The highest BCUT2D eigenvalue weighted by Crippen LogP contribution is 2.18. The molecule has 8 heteroatoms. The van der Waals surface area contributed by atoms with Gasteiger partial charge in [-0.25, -0.2) is 8.42 Å². The Labute approximate surface area is 155 Å². The molecule has 3 N–H and O–H groups in total. The Hall–Kier alpha value is -3.23. The van der Waals surface area contributed by atoms with Crippen LogP contribution in [0.1, 0.15) is 15.9 Å². The van der Waals surface area contributed by atoms with Gasteiger partial charge in [0.25, 0.3) is 15.9 Å². The summed E-state index contributed by atoms with van der Waals surface area (Å²) < 4.78 is 24.6. The Morgan fingerprint density at radius 2 is 1.56 bits per heavy atom. The predicted octanol–water partition coefficient (Wildman–Crippen LogP) is 2.09. The molecule has 0 spiro atoms. The molecule has 7 nitrogen and oxygen atoms in total. The molecule has 0 heterocycles.